The summed E-state index contributed by atoms with van der Waals surface area (Å²) in [6.45, 7) is 4.28. The maximum Gasteiger partial charge on any atom is 0.256 e. The summed E-state index contributed by atoms with van der Waals surface area (Å²) in [5, 5.41) is 11.7. The number of pyridine rings is 1. The number of piperazine rings is 1. The van der Waals surface area contributed by atoms with Crippen LogP contribution < -0.4 is 5.32 Å². The lowest BCUT2D eigenvalue weighted by Gasteiger charge is -2.40. The number of fused-ring (bicyclic) bond motifs is 1. The lowest BCUT2D eigenvalue weighted by molar-refractivity contribution is -0.140. The van der Waals surface area contributed by atoms with Crippen molar-refractivity contribution in [2.75, 3.05) is 26.2 Å². The second-order valence-electron chi connectivity index (χ2n) is 8.09. The molecule has 3 rings (SSSR count). The molecule has 3 heterocycles. The topological polar surface area (TPSA) is 103 Å². The first-order chi connectivity index (χ1) is 13.8. The zero-order chi connectivity index (χ0) is 21.1. The summed E-state index contributed by atoms with van der Waals surface area (Å²) in [4.78, 5) is 45.2. The predicted molar refractivity (Wildman–Crippen MR) is 102 cm³/mol. The molecule has 1 aromatic heterocycles. The lowest BCUT2D eigenvalue weighted by atomic mass is 9.91. The van der Waals surface area contributed by atoms with Gasteiger partial charge in [-0.3, -0.25) is 19.4 Å². The highest BCUT2D eigenvalue weighted by Crippen LogP contribution is 2.36. The maximum atomic E-state index is 13.4. The van der Waals surface area contributed by atoms with E-state index in [-0.39, 0.29) is 61.0 Å². The van der Waals surface area contributed by atoms with E-state index in [9.17, 15) is 18.8 Å². The van der Waals surface area contributed by atoms with Gasteiger partial charge in [0.1, 0.15) is 12.4 Å². The Kier molecular flexibility index (Phi) is 6.46. The molecule has 0 bridgehead atoms. The number of aliphatic hydroxyl groups is 1. The molecule has 29 heavy (non-hydrogen) atoms. The molecule has 3 amide bonds. The average Bonchev–Trinajstić information content (AvgIpc) is 3.03. The molecule has 3 atom stereocenters. The van der Waals surface area contributed by atoms with Gasteiger partial charge in [0.2, 0.25) is 11.8 Å². The zero-order valence-corrected chi connectivity index (χ0v) is 16.7. The van der Waals surface area contributed by atoms with Crippen molar-refractivity contribution in [3.63, 3.8) is 0 Å². The van der Waals surface area contributed by atoms with Crippen LogP contribution in [0.2, 0.25) is 0 Å². The Morgan fingerprint density at radius 2 is 2.14 bits per heavy atom. The van der Waals surface area contributed by atoms with Crippen LogP contribution in [0.15, 0.2) is 18.5 Å². The van der Waals surface area contributed by atoms with Crippen molar-refractivity contribution < 1.29 is 23.9 Å². The minimum atomic E-state index is -0.612. The molecule has 0 aliphatic carbocycles. The van der Waals surface area contributed by atoms with E-state index in [1.54, 1.807) is 4.90 Å². The molecule has 0 spiro atoms. The Labute approximate surface area is 169 Å². The van der Waals surface area contributed by atoms with Crippen LogP contribution >= 0.6 is 0 Å². The van der Waals surface area contributed by atoms with Gasteiger partial charge in [0, 0.05) is 25.3 Å². The highest BCUT2D eigenvalue weighted by Gasteiger charge is 2.50. The summed E-state index contributed by atoms with van der Waals surface area (Å²) in [7, 11) is 0. The van der Waals surface area contributed by atoms with Crippen molar-refractivity contribution in [1.82, 2.24) is 20.1 Å². The van der Waals surface area contributed by atoms with Crippen LogP contribution in [0.3, 0.4) is 0 Å². The predicted octanol–water partition coefficient (Wildman–Crippen LogP) is 0.417. The van der Waals surface area contributed by atoms with Crippen LogP contribution in [-0.4, -0.2) is 75.9 Å². The molecule has 9 heteroatoms. The number of hydrogen-bond donors (Lipinski definition) is 2. The quantitative estimate of drug-likeness (QED) is 0.713. The van der Waals surface area contributed by atoms with Gasteiger partial charge in [-0.1, -0.05) is 13.8 Å². The Morgan fingerprint density at radius 3 is 2.79 bits per heavy atom. The fraction of sp³-hybridized carbons (Fsp3) is 0.600. The fourth-order valence-corrected chi connectivity index (χ4v) is 4.36. The number of rotatable bonds is 6. The van der Waals surface area contributed by atoms with Gasteiger partial charge in [-0.15, -0.1) is 0 Å². The Morgan fingerprint density at radius 1 is 1.38 bits per heavy atom. The second kappa shape index (κ2) is 8.86. The summed E-state index contributed by atoms with van der Waals surface area (Å²) in [6, 6.07) is 0.600. The Bertz CT molecular complexity index is 787. The van der Waals surface area contributed by atoms with E-state index in [1.165, 1.54) is 11.1 Å². The summed E-state index contributed by atoms with van der Waals surface area (Å²) in [5.41, 5.74) is 0.0974. The highest BCUT2D eigenvalue weighted by atomic mass is 19.1. The molecule has 0 saturated carbocycles. The van der Waals surface area contributed by atoms with Crippen molar-refractivity contribution in [3.05, 3.63) is 29.8 Å². The van der Waals surface area contributed by atoms with E-state index in [2.05, 4.69) is 10.3 Å². The third kappa shape index (κ3) is 4.55. The molecule has 2 aliphatic rings. The number of aromatic nitrogens is 1. The molecule has 1 aromatic rings. The van der Waals surface area contributed by atoms with Gasteiger partial charge < -0.3 is 20.2 Å². The number of hydrogen-bond acceptors (Lipinski definition) is 5. The summed E-state index contributed by atoms with van der Waals surface area (Å²) in [5.74, 6) is -1.54. The molecular formula is C20H27FN4O4. The lowest BCUT2D eigenvalue weighted by Crippen LogP contribution is -2.58. The number of nitrogens with one attached hydrogen (secondary N) is 1. The first-order valence-electron chi connectivity index (χ1n) is 9.91. The van der Waals surface area contributed by atoms with Crippen LogP contribution in [0.25, 0.3) is 0 Å². The number of carbonyl (C=O) groups excluding carboxylic acids is 3. The monoisotopic (exact) mass is 406 g/mol. The van der Waals surface area contributed by atoms with Crippen molar-refractivity contribution in [3.8, 4) is 0 Å². The van der Waals surface area contributed by atoms with Gasteiger partial charge in [0.05, 0.1) is 30.3 Å². The molecule has 0 radical (unpaired) electrons. The molecule has 0 unspecified atom stereocenters. The van der Waals surface area contributed by atoms with Gasteiger partial charge in [0.15, 0.2) is 0 Å². The third-order valence-corrected chi connectivity index (χ3v) is 5.49. The van der Waals surface area contributed by atoms with Crippen LogP contribution in [0.4, 0.5) is 4.39 Å². The van der Waals surface area contributed by atoms with E-state index >= 15 is 0 Å². The number of halogens is 1. The van der Waals surface area contributed by atoms with Crippen molar-refractivity contribution >= 4 is 17.7 Å². The number of aliphatic hydroxyl groups excluding tert-OH is 1. The smallest absolute Gasteiger partial charge is 0.256 e. The standard InChI is InChI=1S/C20H27FN4O4/c1-12(2)5-17-16(19(28)23-3-4-26)7-15-10-24(11-18(27)25(15)17)20(29)13-6-14(21)9-22-8-13/h6,8-9,12,15-17,26H,3-5,7,10-11H2,1-2H3,(H,23,28)/t15-,16-,17-/m0/s1. The molecule has 2 saturated heterocycles. The largest absolute Gasteiger partial charge is 0.395 e. The molecular weight excluding hydrogens is 379 g/mol. The van der Waals surface area contributed by atoms with Crippen LogP contribution in [0, 0.1) is 17.7 Å². The van der Waals surface area contributed by atoms with Gasteiger partial charge in [-0.2, -0.15) is 0 Å². The normalized spacial score (nSPS) is 24.0. The molecule has 0 aromatic carbocycles. The van der Waals surface area contributed by atoms with Gasteiger partial charge in [0.25, 0.3) is 5.91 Å². The van der Waals surface area contributed by atoms with E-state index in [0.717, 1.165) is 12.3 Å². The average molecular weight is 406 g/mol. The second-order valence-corrected chi connectivity index (χ2v) is 8.09. The van der Waals surface area contributed by atoms with Gasteiger partial charge in [-0.05, 0) is 24.8 Å². The van der Waals surface area contributed by atoms with Crippen molar-refractivity contribution in [2.45, 2.75) is 38.8 Å². The molecule has 158 valence electrons. The molecule has 2 fully saturated rings. The van der Waals surface area contributed by atoms with Crippen molar-refractivity contribution in [1.29, 1.82) is 0 Å². The number of amides is 3. The zero-order valence-electron chi connectivity index (χ0n) is 16.7. The first kappa shape index (κ1) is 21.2. The fourth-order valence-electron chi connectivity index (χ4n) is 4.36. The third-order valence-electron chi connectivity index (χ3n) is 5.49. The maximum absolute atomic E-state index is 13.4. The number of nitrogens with zero attached hydrogens (tertiary/aromatic N) is 3. The van der Waals surface area contributed by atoms with Crippen LogP contribution in [0.1, 0.15) is 37.0 Å². The van der Waals surface area contributed by atoms with Crippen LogP contribution in [0.5, 0.6) is 0 Å². The minimum absolute atomic E-state index is 0.0974. The molecule has 2 N–H and O–H groups in total. The summed E-state index contributed by atoms with van der Waals surface area (Å²) in [6.07, 6.45) is 3.43. The van der Waals surface area contributed by atoms with Gasteiger partial charge in [-0.25, -0.2) is 4.39 Å². The molecule has 8 nitrogen and oxygen atoms in total. The van der Waals surface area contributed by atoms with E-state index in [0.29, 0.717) is 19.4 Å². The van der Waals surface area contributed by atoms with E-state index < -0.39 is 11.7 Å². The Hall–Kier alpha value is -2.55. The minimum Gasteiger partial charge on any atom is -0.395 e. The molecule has 2 aliphatic heterocycles. The summed E-state index contributed by atoms with van der Waals surface area (Å²) >= 11 is 0. The van der Waals surface area contributed by atoms with Crippen molar-refractivity contribution in [2.24, 2.45) is 11.8 Å². The number of carbonyl (C=O) groups is 3. The van der Waals surface area contributed by atoms with E-state index in [4.69, 9.17) is 5.11 Å². The first-order valence-corrected chi connectivity index (χ1v) is 9.91. The SMILES string of the molecule is CC(C)C[C@H]1[C@@H](C(=O)NCCO)C[C@H]2CN(C(=O)c3cncc(F)c3)CC(=O)N21. The highest BCUT2D eigenvalue weighted by molar-refractivity contribution is 5.97. The van der Waals surface area contributed by atoms with E-state index in [1.807, 2.05) is 13.8 Å². The Balaban J connectivity index is 1.79. The van der Waals surface area contributed by atoms with Gasteiger partial charge >= 0.3 is 0 Å². The summed E-state index contributed by atoms with van der Waals surface area (Å²) < 4.78 is 13.4. The van der Waals surface area contributed by atoms with Crippen LogP contribution in [-0.2, 0) is 9.59 Å².